The smallest absolute Gasteiger partial charge is 0.313 e. The van der Waals surface area contributed by atoms with Gasteiger partial charge in [-0.05, 0) is 12.0 Å². The Hall–Kier alpha value is -2.70. The summed E-state index contributed by atoms with van der Waals surface area (Å²) in [5.74, 6) is 2.47. The Morgan fingerprint density at radius 3 is 2.91 bits per heavy atom. The number of hydrogen-bond acceptors (Lipinski definition) is 4. The minimum absolute atomic E-state index is 0.207. The van der Waals surface area contributed by atoms with Crippen molar-refractivity contribution in [2.24, 2.45) is 0 Å². The van der Waals surface area contributed by atoms with Crippen LogP contribution in [-0.4, -0.2) is 29.5 Å². The summed E-state index contributed by atoms with van der Waals surface area (Å²) in [6.07, 6.45) is 2.66. The quantitative estimate of drug-likeness (QED) is 0.770. The molecule has 3 heterocycles. The first kappa shape index (κ1) is 13.0. The summed E-state index contributed by atoms with van der Waals surface area (Å²) in [4.78, 5) is 14.9. The van der Waals surface area contributed by atoms with Crippen LogP contribution in [0.1, 0.15) is 29.5 Å². The topological polar surface area (TPSA) is 81.4 Å². The normalized spacial score (nSPS) is 13.5. The predicted molar refractivity (Wildman–Crippen MR) is 79.5 cm³/mol. The lowest BCUT2D eigenvalue weighted by Crippen LogP contribution is -2.20. The van der Waals surface area contributed by atoms with E-state index in [2.05, 4.69) is 24.8 Å². The van der Waals surface area contributed by atoms with E-state index >= 15 is 0 Å². The van der Waals surface area contributed by atoms with Crippen molar-refractivity contribution in [1.82, 2.24) is 29.5 Å². The van der Waals surface area contributed by atoms with E-state index in [4.69, 9.17) is 0 Å². The van der Waals surface area contributed by atoms with Gasteiger partial charge in [-0.3, -0.25) is 4.98 Å². The van der Waals surface area contributed by atoms with Crippen molar-refractivity contribution >= 4 is 0 Å². The highest BCUT2D eigenvalue weighted by Crippen LogP contribution is 2.14. The molecule has 1 aliphatic rings. The fourth-order valence-electron chi connectivity index (χ4n) is 2.84. The highest BCUT2D eigenvalue weighted by molar-refractivity contribution is 5.18. The lowest BCUT2D eigenvalue weighted by molar-refractivity contribution is 0.585. The molecule has 0 unspecified atom stereocenters. The molecule has 22 heavy (non-hydrogen) atoms. The van der Waals surface area contributed by atoms with Crippen molar-refractivity contribution < 1.29 is 0 Å². The molecule has 3 aromatic rings. The lowest BCUT2D eigenvalue weighted by atomic mass is 10.1. The van der Waals surface area contributed by atoms with Crippen LogP contribution in [0.15, 0.2) is 35.1 Å². The van der Waals surface area contributed by atoms with E-state index in [1.807, 2.05) is 30.3 Å². The Morgan fingerprint density at radius 1 is 1.18 bits per heavy atom. The third-order valence-electron chi connectivity index (χ3n) is 3.92. The Balaban J connectivity index is 1.57. The van der Waals surface area contributed by atoms with Gasteiger partial charge in [-0.15, -0.1) is 10.2 Å². The zero-order valence-corrected chi connectivity index (χ0v) is 12.1. The van der Waals surface area contributed by atoms with Gasteiger partial charge in [0.05, 0.1) is 0 Å². The Morgan fingerprint density at radius 2 is 2.05 bits per heavy atom. The van der Waals surface area contributed by atoms with E-state index in [0.717, 1.165) is 36.6 Å². The van der Waals surface area contributed by atoms with Crippen molar-refractivity contribution in [2.45, 2.75) is 32.4 Å². The van der Waals surface area contributed by atoms with Crippen LogP contribution in [0.2, 0.25) is 0 Å². The second-order valence-electron chi connectivity index (χ2n) is 5.48. The van der Waals surface area contributed by atoms with Crippen LogP contribution < -0.4 is 5.69 Å². The van der Waals surface area contributed by atoms with Crippen LogP contribution in [0.25, 0.3) is 0 Å². The predicted octanol–water partition coefficient (Wildman–Crippen LogP) is 0.748. The maximum atomic E-state index is 12.0. The monoisotopic (exact) mass is 296 g/mol. The van der Waals surface area contributed by atoms with E-state index in [1.165, 1.54) is 4.68 Å². The van der Waals surface area contributed by atoms with Gasteiger partial charge in [-0.2, -0.15) is 5.10 Å². The van der Waals surface area contributed by atoms with Crippen molar-refractivity contribution in [1.29, 1.82) is 0 Å². The van der Waals surface area contributed by atoms with Gasteiger partial charge in [-0.1, -0.05) is 30.3 Å². The first-order chi connectivity index (χ1) is 10.8. The van der Waals surface area contributed by atoms with Crippen LogP contribution >= 0.6 is 0 Å². The highest BCUT2D eigenvalue weighted by atomic mass is 16.1. The summed E-state index contributed by atoms with van der Waals surface area (Å²) >= 11 is 0. The molecular formula is C15H16N6O. The number of nitrogens with zero attached hydrogens (tertiary/aromatic N) is 5. The van der Waals surface area contributed by atoms with Gasteiger partial charge in [0.15, 0.2) is 5.82 Å². The molecule has 0 saturated carbocycles. The van der Waals surface area contributed by atoms with Gasteiger partial charge >= 0.3 is 5.69 Å². The number of aromatic nitrogens is 6. The van der Waals surface area contributed by atoms with Crippen LogP contribution in [0.3, 0.4) is 0 Å². The number of hydrogen-bond donors (Lipinski definition) is 1. The molecule has 1 aliphatic heterocycles. The van der Waals surface area contributed by atoms with Crippen molar-refractivity contribution in [2.75, 3.05) is 0 Å². The molecule has 7 nitrogen and oxygen atoms in total. The SMILES string of the molecule is O=c1[nH]c(Cc2ccccc2)nn1Cc1nnc2n1CCC2. The Labute approximate surface area is 126 Å². The summed E-state index contributed by atoms with van der Waals surface area (Å²) in [6.45, 7) is 1.28. The molecule has 0 saturated heterocycles. The zero-order chi connectivity index (χ0) is 14.9. The molecule has 2 aromatic heterocycles. The maximum absolute atomic E-state index is 12.0. The second-order valence-corrected chi connectivity index (χ2v) is 5.48. The van der Waals surface area contributed by atoms with E-state index in [-0.39, 0.29) is 5.69 Å². The number of aryl methyl sites for hydroxylation is 1. The fraction of sp³-hybridized carbons (Fsp3) is 0.333. The molecule has 112 valence electrons. The number of nitrogens with one attached hydrogen (secondary N) is 1. The number of H-pyrrole nitrogens is 1. The molecule has 0 aliphatic carbocycles. The molecule has 0 bridgehead atoms. The number of fused-ring (bicyclic) bond motifs is 1. The van der Waals surface area contributed by atoms with Crippen LogP contribution in [0, 0.1) is 0 Å². The molecule has 0 fully saturated rings. The largest absolute Gasteiger partial charge is 0.343 e. The van der Waals surface area contributed by atoms with Crippen LogP contribution in [0.4, 0.5) is 0 Å². The van der Waals surface area contributed by atoms with Gasteiger partial charge < -0.3 is 4.57 Å². The molecule has 1 N–H and O–H groups in total. The molecule has 4 rings (SSSR count). The summed E-state index contributed by atoms with van der Waals surface area (Å²) in [5, 5.41) is 12.7. The third-order valence-corrected chi connectivity index (χ3v) is 3.92. The number of aromatic amines is 1. The third kappa shape index (κ3) is 2.34. The minimum atomic E-state index is -0.207. The number of rotatable bonds is 4. The Kier molecular flexibility index (Phi) is 3.10. The van der Waals surface area contributed by atoms with Crippen molar-refractivity contribution in [3.63, 3.8) is 0 Å². The molecule has 0 amide bonds. The standard InChI is InChI=1S/C15H16N6O/c22-15-16-12(9-11-5-2-1-3-6-11)19-21(15)10-14-18-17-13-7-4-8-20(13)14/h1-3,5-6H,4,7-10H2,(H,16,19,22). The van der Waals surface area contributed by atoms with Crippen LogP contribution in [-0.2, 0) is 25.9 Å². The maximum Gasteiger partial charge on any atom is 0.343 e. The molecule has 0 atom stereocenters. The van der Waals surface area contributed by atoms with Crippen molar-refractivity contribution in [3.8, 4) is 0 Å². The first-order valence-corrected chi connectivity index (χ1v) is 7.40. The average Bonchev–Trinajstić information content (AvgIpc) is 3.19. The summed E-state index contributed by atoms with van der Waals surface area (Å²) in [7, 11) is 0. The van der Waals surface area contributed by atoms with Gasteiger partial charge in [0.2, 0.25) is 0 Å². The summed E-state index contributed by atoms with van der Waals surface area (Å²) < 4.78 is 3.51. The fourth-order valence-corrected chi connectivity index (χ4v) is 2.84. The minimum Gasteiger partial charge on any atom is -0.313 e. The van der Waals surface area contributed by atoms with Gasteiger partial charge in [0.25, 0.3) is 0 Å². The average molecular weight is 296 g/mol. The van der Waals surface area contributed by atoms with Crippen LogP contribution in [0.5, 0.6) is 0 Å². The zero-order valence-electron chi connectivity index (χ0n) is 12.1. The Bertz CT molecular complexity index is 845. The summed E-state index contributed by atoms with van der Waals surface area (Å²) in [5.41, 5.74) is 0.910. The van der Waals surface area contributed by atoms with Gasteiger partial charge in [-0.25, -0.2) is 9.48 Å². The lowest BCUT2D eigenvalue weighted by Gasteiger charge is -2.01. The highest BCUT2D eigenvalue weighted by Gasteiger charge is 2.18. The molecule has 1 aromatic carbocycles. The number of benzene rings is 1. The molecular weight excluding hydrogens is 280 g/mol. The summed E-state index contributed by atoms with van der Waals surface area (Å²) in [6, 6.07) is 9.95. The van der Waals surface area contributed by atoms with E-state index in [9.17, 15) is 4.79 Å². The van der Waals surface area contributed by atoms with Crippen molar-refractivity contribution in [3.05, 3.63) is 63.9 Å². The molecule has 0 radical (unpaired) electrons. The molecule has 7 heteroatoms. The van der Waals surface area contributed by atoms with E-state index in [0.29, 0.717) is 18.8 Å². The van der Waals surface area contributed by atoms with Gasteiger partial charge in [0.1, 0.15) is 18.2 Å². The second kappa shape index (κ2) is 5.25. The first-order valence-electron chi connectivity index (χ1n) is 7.40. The van der Waals surface area contributed by atoms with Gasteiger partial charge in [0, 0.05) is 19.4 Å². The van der Waals surface area contributed by atoms with E-state index in [1.54, 1.807) is 0 Å². The molecule has 0 spiro atoms. The van der Waals surface area contributed by atoms with E-state index < -0.39 is 0 Å².